The molecule has 2 fully saturated rings. The zero-order valence-corrected chi connectivity index (χ0v) is 18.1. The molecule has 0 aromatic carbocycles. The molecular weight excluding hydrogens is 354 g/mol. The minimum absolute atomic E-state index is 0.147. The normalized spacial score (nSPS) is 21.9. The Kier molecular flexibility index (Phi) is 10.6. The van der Waals surface area contributed by atoms with Crippen LogP contribution in [0, 0.1) is 11.8 Å². The summed E-state index contributed by atoms with van der Waals surface area (Å²) in [7, 11) is 0. The van der Waals surface area contributed by atoms with Crippen molar-refractivity contribution in [2.75, 3.05) is 52.4 Å². The summed E-state index contributed by atoms with van der Waals surface area (Å²) in [6.45, 7) is 13.2. The lowest BCUT2D eigenvalue weighted by Gasteiger charge is -2.33. The van der Waals surface area contributed by atoms with Gasteiger partial charge in [-0.1, -0.05) is 26.7 Å². The number of hydrogen-bond donors (Lipinski definition) is 3. The number of hydrogen-bond acceptors (Lipinski definition) is 4. The first-order valence-electron chi connectivity index (χ1n) is 11.2. The van der Waals surface area contributed by atoms with E-state index < -0.39 is 0 Å². The molecule has 2 aliphatic rings. The summed E-state index contributed by atoms with van der Waals surface area (Å²) in [4.78, 5) is 19.2. The maximum atomic E-state index is 12.0. The van der Waals surface area contributed by atoms with E-state index in [-0.39, 0.29) is 12.0 Å². The SMILES string of the molecule is CCNC(=NCC1CN(CC(C)C)CCO1)NCCNC(=O)CC1CCCC1. The van der Waals surface area contributed by atoms with E-state index in [1.54, 1.807) is 0 Å². The van der Waals surface area contributed by atoms with Gasteiger partial charge in [-0.3, -0.25) is 14.7 Å². The molecule has 7 nitrogen and oxygen atoms in total. The Balaban J connectivity index is 1.66. The predicted molar refractivity (Wildman–Crippen MR) is 115 cm³/mol. The summed E-state index contributed by atoms with van der Waals surface area (Å²) in [6, 6.07) is 0. The molecule has 1 unspecified atom stereocenters. The van der Waals surface area contributed by atoms with Gasteiger partial charge in [-0.05, 0) is 31.6 Å². The number of carbonyl (C=O) groups is 1. The highest BCUT2D eigenvalue weighted by atomic mass is 16.5. The Hall–Kier alpha value is -1.34. The molecule has 7 heteroatoms. The van der Waals surface area contributed by atoms with Crippen molar-refractivity contribution in [3.05, 3.63) is 0 Å². The van der Waals surface area contributed by atoms with Gasteiger partial charge < -0.3 is 20.7 Å². The van der Waals surface area contributed by atoms with Crippen molar-refractivity contribution in [1.29, 1.82) is 0 Å². The van der Waals surface area contributed by atoms with E-state index in [9.17, 15) is 4.79 Å². The molecule has 0 bridgehead atoms. The standard InChI is InChI=1S/C21H41N5O2/c1-4-22-21(24-10-9-23-20(27)13-18-7-5-6-8-18)25-14-19-16-26(11-12-28-19)15-17(2)3/h17-19H,4-16H2,1-3H3,(H,23,27)(H2,22,24,25). The minimum Gasteiger partial charge on any atom is -0.374 e. The van der Waals surface area contributed by atoms with Crippen LogP contribution >= 0.6 is 0 Å². The van der Waals surface area contributed by atoms with Gasteiger partial charge in [0.05, 0.1) is 19.3 Å². The van der Waals surface area contributed by atoms with Crippen LogP contribution in [-0.2, 0) is 9.53 Å². The van der Waals surface area contributed by atoms with E-state index >= 15 is 0 Å². The van der Waals surface area contributed by atoms with Crippen LogP contribution in [0.1, 0.15) is 52.9 Å². The Bertz CT molecular complexity index is 477. The summed E-state index contributed by atoms with van der Waals surface area (Å²) in [5.41, 5.74) is 0. The number of aliphatic imine (C=N–C) groups is 1. The molecule has 1 heterocycles. The average molecular weight is 396 g/mol. The fourth-order valence-electron chi connectivity index (χ4n) is 4.04. The Morgan fingerprint density at radius 2 is 1.93 bits per heavy atom. The zero-order chi connectivity index (χ0) is 20.2. The van der Waals surface area contributed by atoms with E-state index in [0.29, 0.717) is 37.9 Å². The zero-order valence-electron chi connectivity index (χ0n) is 18.1. The molecule has 1 aliphatic heterocycles. The first kappa shape index (κ1) is 22.9. The van der Waals surface area contributed by atoms with Crippen molar-refractivity contribution in [2.45, 2.75) is 59.0 Å². The lowest BCUT2D eigenvalue weighted by Crippen LogP contribution is -2.46. The summed E-state index contributed by atoms with van der Waals surface area (Å²) < 4.78 is 5.88. The van der Waals surface area contributed by atoms with Gasteiger partial charge in [0.25, 0.3) is 0 Å². The quantitative estimate of drug-likeness (QED) is 0.297. The third-order valence-electron chi connectivity index (χ3n) is 5.33. The molecule has 3 N–H and O–H groups in total. The lowest BCUT2D eigenvalue weighted by atomic mass is 10.0. The van der Waals surface area contributed by atoms with Crippen LogP contribution in [0.15, 0.2) is 4.99 Å². The van der Waals surface area contributed by atoms with E-state index in [1.807, 2.05) is 0 Å². The fraction of sp³-hybridized carbons (Fsp3) is 0.905. The molecule has 0 spiro atoms. The maximum absolute atomic E-state index is 12.0. The summed E-state index contributed by atoms with van der Waals surface area (Å²) >= 11 is 0. The van der Waals surface area contributed by atoms with Crippen LogP contribution in [0.25, 0.3) is 0 Å². The second-order valence-corrected chi connectivity index (χ2v) is 8.50. The highest BCUT2D eigenvalue weighted by Gasteiger charge is 2.21. The van der Waals surface area contributed by atoms with Crippen molar-refractivity contribution >= 4 is 11.9 Å². The number of carbonyl (C=O) groups excluding carboxylic acids is 1. The molecule has 0 radical (unpaired) electrons. The molecular formula is C21H41N5O2. The molecule has 28 heavy (non-hydrogen) atoms. The van der Waals surface area contributed by atoms with Crippen molar-refractivity contribution in [1.82, 2.24) is 20.9 Å². The number of nitrogens with one attached hydrogen (secondary N) is 3. The van der Waals surface area contributed by atoms with E-state index in [0.717, 1.165) is 38.7 Å². The van der Waals surface area contributed by atoms with Gasteiger partial charge in [0.2, 0.25) is 5.91 Å². The van der Waals surface area contributed by atoms with Crippen molar-refractivity contribution < 1.29 is 9.53 Å². The first-order chi connectivity index (χ1) is 13.6. The van der Waals surface area contributed by atoms with E-state index in [4.69, 9.17) is 4.74 Å². The molecule has 1 saturated carbocycles. The van der Waals surface area contributed by atoms with Crippen LogP contribution in [0.3, 0.4) is 0 Å². The van der Waals surface area contributed by atoms with Crippen LogP contribution in [0.4, 0.5) is 0 Å². The maximum Gasteiger partial charge on any atom is 0.220 e. The summed E-state index contributed by atoms with van der Waals surface area (Å²) in [5.74, 6) is 2.23. The number of guanidine groups is 1. The van der Waals surface area contributed by atoms with Gasteiger partial charge in [-0.2, -0.15) is 0 Å². The van der Waals surface area contributed by atoms with E-state index in [1.165, 1.54) is 25.7 Å². The molecule has 1 saturated heterocycles. The monoisotopic (exact) mass is 395 g/mol. The van der Waals surface area contributed by atoms with E-state index in [2.05, 4.69) is 46.6 Å². The van der Waals surface area contributed by atoms with Gasteiger partial charge in [-0.15, -0.1) is 0 Å². The summed E-state index contributed by atoms with van der Waals surface area (Å²) in [6.07, 6.45) is 5.81. The highest BCUT2D eigenvalue weighted by molar-refractivity contribution is 5.80. The number of amides is 1. The second-order valence-electron chi connectivity index (χ2n) is 8.50. The number of morpholine rings is 1. The van der Waals surface area contributed by atoms with Gasteiger partial charge in [-0.25, -0.2) is 0 Å². The van der Waals surface area contributed by atoms with Gasteiger partial charge in [0.1, 0.15) is 0 Å². The Labute approximate surface area is 171 Å². The first-order valence-corrected chi connectivity index (χ1v) is 11.2. The van der Waals surface area contributed by atoms with Crippen LogP contribution in [0.2, 0.25) is 0 Å². The van der Waals surface area contributed by atoms with Crippen LogP contribution in [-0.4, -0.2) is 75.3 Å². The average Bonchev–Trinajstić information content (AvgIpc) is 3.16. The lowest BCUT2D eigenvalue weighted by molar-refractivity contribution is -0.121. The smallest absolute Gasteiger partial charge is 0.220 e. The largest absolute Gasteiger partial charge is 0.374 e. The topological polar surface area (TPSA) is 78.0 Å². The summed E-state index contributed by atoms with van der Waals surface area (Å²) in [5, 5.41) is 9.60. The highest BCUT2D eigenvalue weighted by Crippen LogP contribution is 2.27. The molecule has 1 aliphatic carbocycles. The number of rotatable bonds is 10. The molecule has 1 atom stereocenters. The molecule has 2 rings (SSSR count). The Morgan fingerprint density at radius 1 is 1.18 bits per heavy atom. The third-order valence-corrected chi connectivity index (χ3v) is 5.33. The van der Waals surface area contributed by atoms with Crippen molar-refractivity contribution in [2.24, 2.45) is 16.8 Å². The van der Waals surface area contributed by atoms with Crippen LogP contribution < -0.4 is 16.0 Å². The second kappa shape index (κ2) is 13.0. The fourth-order valence-corrected chi connectivity index (χ4v) is 4.04. The third kappa shape index (κ3) is 9.24. The van der Waals surface area contributed by atoms with Crippen LogP contribution in [0.5, 0.6) is 0 Å². The molecule has 1 amide bonds. The molecule has 162 valence electrons. The van der Waals surface area contributed by atoms with Gasteiger partial charge >= 0.3 is 0 Å². The van der Waals surface area contributed by atoms with Gasteiger partial charge in [0.15, 0.2) is 5.96 Å². The number of ether oxygens (including phenoxy) is 1. The Morgan fingerprint density at radius 3 is 2.64 bits per heavy atom. The minimum atomic E-state index is 0.147. The molecule has 0 aromatic heterocycles. The van der Waals surface area contributed by atoms with Gasteiger partial charge in [0, 0.05) is 45.7 Å². The van der Waals surface area contributed by atoms with Crippen molar-refractivity contribution in [3.63, 3.8) is 0 Å². The number of nitrogens with zero attached hydrogens (tertiary/aromatic N) is 2. The molecule has 0 aromatic rings. The predicted octanol–water partition coefficient (Wildman–Crippen LogP) is 1.59. The van der Waals surface area contributed by atoms with Crippen molar-refractivity contribution in [3.8, 4) is 0 Å².